The monoisotopic (exact) mass is 227 g/mol. The number of thiophene rings is 1. The standard InChI is InChI=1S/C9H9NO4S/c10-3-1-6(11)7(12)5-2-4-15-8(5)9(13)14/h2,4,6-7,11-12H,1H2,(H,13,14). The van der Waals surface area contributed by atoms with Gasteiger partial charge in [-0.25, -0.2) is 4.79 Å². The highest BCUT2D eigenvalue weighted by atomic mass is 32.1. The second kappa shape index (κ2) is 4.89. The van der Waals surface area contributed by atoms with Crippen LogP contribution < -0.4 is 0 Å². The summed E-state index contributed by atoms with van der Waals surface area (Å²) in [5, 5.41) is 37.5. The maximum absolute atomic E-state index is 10.7. The van der Waals surface area contributed by atoms with Gasteiger partial charge in [0.1, 0.15) is 11.0 Å². The summed E-state index contributed by atoms with van der Waals surface area (Å²) >= 11 is 0.968. The van der Waals surface area contributed by atoms with Crippen molar-refractivity contribution < 1.29 is 20.1 Å². The van der Waals surface area contributed by atoms with Gasteiger partial charge in [0.2, 0.25) is 0 Å². The summed E-state index contributed by atoms with van der Waals surface area (Å²) in [6.45, 7) is 0. The van der Waals surface area contributed by atoms with Crippen molar-refractivity contribution >= 4 is 17.3 Å². The molecule has 0 aliphatic rings. The first-order valence-corrected chi connectivity index (χ1v) is 4.99. The largest absolute Gasteiger partial charge is 0.477 e. The highest BCUT2D eigenvalue weighted by molar-refractivity contribution is 7.12. The van der Waals surface area contributed by atoms with Crippen molar-refractivity contribution in [1.82, 2.24) is 0 Å². The summed E-state index contributed by atoms with van der Waals surface area (Å²) in [5.74, 6) is -1.15. The molecule has 0 aromatic carbocycles. The number of hydrogen-bond acceptors (Lipinski definition) is 5. The molecule has 80 valence electrons. The molecule has 15 heavy (non-hydrogen) atoms. The fraction of sp³-hybridized carbons (Fsp3) is 0.333. The number of carboxylic acid groups (broad SMARTS) is 1. The third-order valence-corrected chi connectivity index (χ3v) is 2.79. The van der Waals surface area contributed by atoms with Crippen LogP contribution in [0.3, 0.4) is 0 Å². The first-order valence-electron chi connectivity index (χ1n) is 4.11. The molecule has 0 radical (unpaired) electrons. The van der Waals surface area contributed by atoms with Gasteiger partial charge in [0.15, 0.2) is 0 Å². The smallest absolute Gasteiger partial charge is 0.346 e. The third kappa shape index (κ3) is 2.53. The number of rotatable bonds is 4. The van der Waals surface area contributed by atoms with E-state index in [1.807, 2.05) is 0 Å². The summed E-state index contributed by atoms with van der Waals surface area (Å²) in [7, 11) is 0. The Labute approximate surface area is 89.8 Å². The van der Waals surface area contributed by atoms with Crippen molar-refractivity contribution in [3.63, 3.8) is 0 Å². The molecule has 0 amide bonds. The van der Waals surface area contributed by atoms with Crippen molar-refractivity contribution in [2.45, 2.75) is 18.6 Å². The predicted molar refractivity (Wildman–Crippen MR) is 52.5 cm³/mol. The zero-order chi connectivity index (χ0) is 11.4. The number of carboxylic acids is 1. The maximum Gasteiger partial charge on any atom is 0.346 e. The summed E-state index contributed by atoms with van der Waals surface area (Å²) in [4.78, 5) is 10.7. The van der Waals surface area contributed by atoms with Crippen LogP contribution in [-0.2, 0) is 0 Å². The zero-order valence-electron chi connectivity index (χ0n) is 7.62. The van der Waals surface area contributed by atoms with Crippen LogP contribution in [0.1, 0.15) is 27.8 Å². The van der Waals surface area contributed by atoms with E-state index in [9.17, 15) is 15.0 Å². The second-order valence-corrected chi connectivity index (χ2v) is 3.80. The van der Waals surface area contributed by atoms with Crippen molar-refractivity contribution in [2.24, 2.45) is 0 Å². The van der Waals surface area contributed by atoms with Gasteiger partial charge in [-0.2, -0.15) is 5.26 Å². The lowest BCUT2D eigenvalue weighted by atomic mass is 10.0. The van der Waals surface area contributed by atoms with Crippen LogP contribution in [0.5, 0.6) is 0 Å². The minimum Gasteiger partial charge on any atom is -0.477 e. The molecule has 1 aromatic heterocycles. The SMILES string of the molecule is N#CCC(O)C(O)c1ccsc1C(=O)O. The van der Waals surface area contributed by atoms with Gasteiger partial charge in [-0.1, -0.05) is 0 Å². The van der Waals surface area contributed by atoms with Crippen molar-refractivity contribution in [2.75, 3.05) is 0 Å². The van der Waals surface area contributed by atoms with Gasteiger partial charge in [-0.05, 0) is 11.4 Å². The average Bonchev–Trinajstić information content (AvgIpc) is 2.65. The number of hydrogen-bond donors (Lipinski definition) is 3. The Kier molecular flexibility index (Phi) is 3.80. The minimum absolute atomic E-state index is 0.0144. The Balaban J connectivity index is 2.91. The Morgan fingerprint density at radius 1 is 1.60 bits per heavy atom. The van der Waals surface area contributed by atoms with E-state index in [0.717, 1.165) is 11.3 Å². The summed E-state index contributed by atoms with van der Waals surface area (Å²) in [5.41, 5.74) is 0.148. The van der Waals surface area contributed by atoms with Crippen molar-refractivity contribution in [3.8, 4) is 6.07 Å². The van der Waals surface area contributed by atoms with E-state index in [-0.39, 0.29) is 16.9 Å². The van der Waals surface area contributed by atoms with Gasteiger partial charge < -0.3 is 15.3 Å². The Morgan fingerprint density at radius 2 is 2.27 bits per heavy atom. The van der Waals surface area contributed by atoms with Crippen LogP contribution in [0.25, 0.3) is 0 Å². The van der Waals surface area contributed by atoms with Crippen LogP contribution >= 0.6 is 11.3 Å². The Morgan fingerprint density at radius 3 is 2.80 bits per heavy atom. The molecule has 1 aromatic rings. The molecule has 5 nitrogen and oxygen atoms in total. The van der Waals surface area contributed by atoms with E-state index in [1.165, 1.54) is 11.4 Å². The molecule has 0 spiro atoms. The van der Waals surface area contributed by atoms with Gasteiger partial charge in [0, 0.05) is 5.56 Å². The van der Waals surface area contributed by atoms with E-state index >= 15 is 0 Å². The van der Waals surface area contributed by atoms with Gasteiger partial charge >= 0.3 is 5.97 Å². The van der Waals surface area contributed by atoms with Crippen molar-refractivity contribution in [3.05, 3.63) is 21.9 Å². The lowest BCUT2D eigenvalue weighted by molar-refractivity contribution is 0.0209. The fourth-order valence-corrected chi connectivity index (χ4v) is 1.91. The lowest BCUT2D eigenvalue weighted by Crippen LogP contribution is -2.18. The molecule has 0 aliphatic heterocycles. The van der Waals surface area contributed by atoms with Crippen molar-refractivity contribution in [1.29, 1.82) is 5.26 Å². The number of aliphatic hydroxyl groups is 2. The highest BCUT2D eigenvalue weighted by Gasteiger charge is 2.24. The van der Waals surface area contributed by atoms with E-state index < -0.39 is 18.2 Å². The molecular formula is C9H9NO4S. The van der Waals surface area contributed by atoms with E-state index in [1.54, 1.807) is 6.07 Å². The normalized spacial score (nSPS) is 14.2. The average molecular weight is 227 g/mol. The summed E-state index contributed by atoms with van der Waals surface area (Å²) < 4.78 is 0. The summed E-state index contributed by atoms with van der Waals surface area (Å²) in [6, 6.07) is 3.13. The number of aliphatic hydroxyl groups excluding tert-OH is 2. The minimum atomic E-state index is -1.33. The predicted octanol–water partition coefficient (Wildman–Crippen LogP) is 0.754. The molecule has 0 bridgehead atoms. The Hall–Kier alpha value is -1.42. The lowest BCUT2D eigenvalue weighted by Gasteiger charge is -2.14. The molecule has 0 saturated carbocycles. The first kappa shape index (κ1) is 11.7. The molecule has 6 heteroatoms. The molecule has 0 aliphatic carbocycles. The van der Waals surface area contributed by atoms with Gasteiger partial charge in [0.05, 0.1) is 18.6 Å². The maximum atomic E-state index is 10.7. The number of nitrogens with zero attached hydrogens (tertiary/aromatic N) is 1. The molecular weight excluding hydrogens is 218 g/mol. The van der Waals surface area contributed by atoms with Crippen LogP contribution in [0.15, 0.2) is 11.4 Å². The first-order chi connectivity index (χ1) is 7.07. The summed E-state index contributed by atoms with van der Waals surface area (Å²) in [6.07, 6.45) is -2.83. The second-order valence-electron chi connectivity index (χ2n) is 2.88. The highest BCUT2D eigenvalue weighted by Crippen LogP contribution is 2.26. The molecule has 3 N–H and O–H groups in total. The van der Waals surface area contributed by atoms with Crippen LogP contribution in [0.2, 0.25) is 0 Å². The topological polar surface area (TPSA) is 102 Å². The van der Waals surface area contributed by atoms with Gasteiger partial charge in [0.25, 0.3) is 0 Å². The zero-order valence-corrected chi connectivity index (χ0v) is 8.44. The number of nitriles is 1. The molecule has 0 saturated heterocycles. The van der Waals surface area contributed by atoms with Gasteiger partial charge in [-0.15, -0.1) is 11.3 Å². The molecule has 1 rings (SSSR count). The van der Waals surface area contributed by atoms with E-state index in [0.29, 0.717) is 0 Å². The Bertz CT molecular complexity index is 395. The molecule has 1 heterocycles. The number of aromatic carboxylic acids is 1. The molecule has 2 atom stereocenters. The van der Waals surface area contributed by atoms with Crippen LogP contribution in [-0.4, -0.2) is 27.4 Å². The van der Waals surface area contributed by atoms with Crippen LogP contribution in [0.4, 0.5) is 0 Å². The quantitative estimate of drug-likeness (QED) is 0.704. The molecule has 0 fully saturated rings. The van der Waals surface area contributed by atoms with Crippen LogP contribution in [0, 0.1) is 11.3 Å². The molecule has 2 unspecified atom stereocenters. The fourth-order valence-electron chi connectivity index (χ4n) is 1.14. The third-order valence-electron chi connectivity index (χ3n) is 1.87. The number of carbonyl (C=O) groups is 1. The van der Waals surface area contributed by atoms with E-state index in [2.05, 4.69) is 0 Å². The van der Waals surface area contributed by atoms with E-state index in [4.69, 9.17) is 10.4 Å². The van der Waals surface area contributed by atoms with Gasteiger partial charge in [-0.3, -0.25) is 0 Å².